The van der Waals surface area contributed by atoms with Crippen LogP contribution in [0.5, 0.6) is 0 Å². The lowest BCUT2D eigenvalue weighted by molar-refractivity contribution is -0.274. The number of anilines is 1. The number of benzene rings is 1. The van der Waals surface area contributed by atoms with Crippen molar-refractivity contribution in [1.82, 2.24) is 9.97 Å². The Morgan fingerprint density at radius 2 is 1.84 bits per heavy atom. The van der Waals surface area contributed by atoms with Gasteiger partial charge in [-0.15, -0.1) is 0 Å². The van der Waals surface area contributed by atoms with Gasteiger partial charge in [-0.3, -0.25) is 4.98 Å². The molecule has 0 saturated carbocycles. The molecule has 25 heavy (non-hydrogen) atoms. The first kappa shape index (κ1) is 17.2. The molecule has 5 nitrogen and oxygen atoms in total. The van der Waals surface area contributed by atoms with Crippen molar-refractivity contribution in [3.05, 3.63) is 54.1 Å². The zero-order valence-electron chi connectivity index (χ0n) is 13.3. The molecule has 3 aromatic rings. The van der Waals surface area contributed by atoms with Crippen LogP contribution in [0.25, 0.3) is 11.0 Å². The van der Waals surface area contributed by atoms with E-state index in [-0.39, 0.29) is 6.54 Å². The molecular formula is C17H16F3N3O2. The molecule has 0 spiro atoms. The molecule has 132 valence electrons. The fourth-order valence-electron chi connectivity index (χ4n) is 2.48. The van der Waals surface area contributed by atoms with Crippen molar-refractivity contribution in [3.63, 3.8) is 0 Å². The summed E-state index contributed by atoms with van der Waals surface area (Å²) in [4.78, 5) is 8.45. The van der Waals surface area contributed by atoms with Gasteiger partial charge in [0.05, 0.1) is 17.2 Å². The van der Waals surface area contributed by atoms with E-state index in [0.29, 0.717) is 22.6 Å². The van der Waals surface area contributed by atoms with Crippen molar-refractivity contribution in [2.45, 2.75) is 25.1 Å². The maximum Gasteiger partial charge on any atom is 0.424 e. The van der Waals surface area contributed by atoms with E-state index in [0.717, 1.165) is 6.07 Å². The van der Waals surface area contributed by atoms with Gasteiger partial charge in [-0.1, -0.05) is 12.1 Å². The Balaban J connectivity index is 1.75. The monoisotopic (exact) mass is 351 g/mol. The summed E-state index contributed by atoms with van der Waals surface area (Å²) in [5.41, 5.74) is -1.76. The van der Waals surface area contributed by atoms with Crippen LogP contribution in [-0.2, 0) is 5.60 Å². The van der Waals surface area contributed by atoms with Gasteiger partial charge in [-0.2, -0.15) is 13.2 Å². The highest BCUT2D eigenvalue weighted by atomic mass is 19.4. The molecule has 1 atom stereocenters. The first-order valence-electron chi connectivity index (χ1n) is 7.61. The molecule has 1 aromatic carbocycles. The van der Waals surface area contributed by atoms with Crippen molar-refractivity contribution in [1.29, 1.82) is 0 Å². The molecule has 2 N–H and O–H groups in total. The minimum Gasteiger partial charge on any atom is -0.463 e. The molecule has 0 bridgehead atoms. The van der Waals surface area contributed by atoms with Gasteiger partial charge in [0, 0.05) is 13.0 Å². The van der Waals surface area contributed by atoms with Gasteiger partial charge in [0.15, 0.2) is 0 Å². The van der Waals surface area contributed by atoms with Crippen molar-refractivity contribution in [2.24, 2.45) is 0 Å². The smallest absolute Gasteiger partial charge is 0.424 e. The number of nitrogens with zero attached hydrogens (tertiary/aromatic N) is 2. The number of fused-ring (bicyclic) bond motifs is 1. The van der Waals surface area contributed by atoms with Crippen molar-refractivity contribution in [2.75, 3.05) is 11.9 Å². The predicted molar refractivity (Wildman–Crippen MR) is 86.0 cm³/mol. The minimum atomic E-state index is -4.87. The molecule has 0 amide bonds. The summed E-state index contributed by atoms with van der Waals surface area (Å²) in [6.45, 7) is 1.35. The summed E-state index contributed by atoms with van der Waals surface area (Å²) < 4.78 is 45.1. The average molecular weight is 351 g/mol. The molecule has 3 rings (SSSR count). The SMILES string of the molecule is Cc1ccc([C@@](O)(CCNc2cnc3ccccc3n2)C(F)(F)F)o1. The van der Waals surface area contributed by atoms with Crippen LogP contribution in [0.2, 0.25) is 0 Å². The molecule has 2 heterocycles. The van der Waals surface area contributed by atoms with E-state index in [9.17, 15) is 18.3 Å². The van der Waals surface area contributed by atoms with Crippen LogP contribution >= 0.6 is 0 Å². The van der Waals surface area contributed by atoms with Crippen LogP contribution in [-0.4, -0.2) is 27.8 Å². The van der Waals surface area contributed by atoms with E-state index < -0.39 is 24.0 Å². The van der Waals surface area contributed by atoms with E-state index in [1.54, 1.807) is 18.2 Å². The Bertz CT molecular complexity index is 879. The van der Waals surface area contributed by atoms with Crippen molar-refractivity contribution < 1.29 is 22.7 Å². The number of aliphatic hydroxyl groups is 1. The number of rotatable bonds is 5. The molecule has 2 aromatic heterocycles. The van der Waals surface area contributed by atoms with Gasteiger partial charge in [-0.25, -0.2) is 4.98 Å². The first-order chi connectivity index (χ1) is 11.8. The normalized spacial score (nSPS) is 14.4. The second-order valence-corrected chi connectivity index (χ2v) is 5.69. The lowest BCUT2D eigenvalue weighted by Gasteiger charge is -2.28. The largest absolute Gasteiger partial charge is 0.463 e. The van der Waals surface area contributed by atoms with Crippen LogP contribution in [0.1, 0.15) is 17.9 Å². The fraction of sp³-hybridized carbons (Fsp3) is 0.294. The van der Waals surface area contributed by atoms with Crippen molar-refractivity contribution in [3.8, 4) is 0 Å². The van der Waals surface area contributed by atoms with Gasteiger partial charge in [0.1, 0.15) is 17.3 Å². The number of nitrogens with one attached hydrogen (secondary N) is 1. The second kappa shape index (κ2) is 6.36. The molecular weight excluding hydrogens is 335 g/mol. The van der Waals surface area contributed by atoms with Crippen LogP contribution < -0.4 is 5.32 Å². The summed E-state index contributed by atoms with van der Waals surface area (Å²) in [5, 5.41) is 13.0. The number of furan rings is 1. The van der Waals surface area contributed by atoms with E-state index in [4.69, 9.17) is 4.42 Å². The topological polar surface area (TPSA) is 71.2 Å². The molecule has 0 fully saturated rings. The Morgan fingerprint density at radius 3 is 2.48 bits per heavy atom. The minimum absolute atomic E-state index is 0.164. The third-order valence-corrected chi connectivity index (χ3v) is 3.86. The summed E-state index contributed by atoms with van der Waals surface area (Å²) >= 11 is 0. The average Bonchev–Trinajstić information content (AvgIpc) is 3.00. The lowest BCUT2D eigenvalue weighted by atomic mass is 9.96. The second-order valence-electron chi connectivity index (χ2n) is 5.69. The maximum absolute atomic E-state index is 13.4. The quantitative estimate of drug-likeness (QED) is 0.732. The Labute approximate surface area is 141 Å². The fourth-order valence-corrected chi connectivity index (χ4v) is 2.48. The van der Waals surface area contributed by atoms with E-state index >= 15 is 0 Å². The number of aryl methyl sites for hydroxylation is 1. The third-order valence-electron chi connectivity index (χ3n) is 3.86. The number of alkyl halides is 3. The summed E-state index contributed by atoms with van der Waals surface area (Å²) in [7, 11) is 0. The summed E-state index contributed by atoms with van der Waals surface area (Å²) in [6, 6.07) is 9.67. The van der Waals surface area contributed by atoms with Crippen molar-refractivity contribution >= 4 is 16.9 Å². The zero-order valence-corrected chi connectivity index (χ0v) is 13.3. The molecule has 0 saturated heterocycles. The van der Waals surface area contributed by atoms with Crippen LogP contribution in [0, 0.1) is 6.92 Å². The van der Waals surface area contributed by atoms with Gasteiger partial charge < -0.3 is 14.8 Å². The first-order valence-corrected chi connectivity index (χ1v) is 7.61. The maximum atomic E-state index is 13.4. The molecule has 0 aliphatic carbocycles. The molecule has 0 aliphatic heterocycles. The molecule has 0 radical (unpaired) electrons. The highest BCUT2D eigenvalue weighted by molar-refractivity contribution is 5.75. The van der Waals surface area contributed by atoms with E-state index in [2.05, 4.69) is 15.3 Å². The molecule has 8 heteroatoms. The van der Waals surface area contributed by atoms with E-state index in [1.807, 2.05) is 6.07 Å². The number of hydrogen-bond acceptors (Lipinski definition) is 5. The molecule has 0 aliphatic rings. The van der Waals surface area contributed by atoms with Crippen LogP contribution in [0.15, 0.2) is 47.0 Å². The highest BCUT2D eigenvalue weighted by Crippen LogP contribution is 2.42. The van der Waals surface area contributed by atoms with E-state index in [1.165, 1.54) is 19.2 Å². The predicted octanol–water partition coefficient (Wildman–Crippen LogP) is 3.78. The third kappa shape index (κ3) is 3.43. The highest BCUT2D eigenvalue weighted by Gasteiger charge is 2.56. The lowest BCUT2D eigenvalue weighted by Crippen LogP contribution is -2.43. The van der Waals surface area contributed by atoms with Gasteiger partial charge >= 0.3 is 6.18 Å². The van der Waals surface area contributed by atoms with Gasteiger partial charge in [-0.05, 0) is 31.2 Å². The van der Waals surface area contributed by atoms with Crippen LogP contribution in [0.3, 0.4) is 0 Å². The standard InChI is InChI=1S/C17H16F3N3O2/c1-11-6-7-14(25-11)16(24,17(18,19)20)8-9-21-15-10-22-12-4-2-3-5-13(12)23-15/h2-7,10,24H,8-9H2,1H3,(H,21,23)/t16-/m0/s1. The Morgan fingerprint density at radius 1 is 1.12 bits per heavy atom. The summed E-state index contributed by atoms with van der Waals surface area (Å²) in [5.74, 6) is 0.105. The van der Waals surface area contributed by atoms with Gasteiger partial charge in [0.2, 0.25) is 5.60 Å². The number of halogens is 3. The summed E-state index contributed by atoms with van der Waals surface area (Å²) in [6.07, 6.45) is -4.06. The number of para-hydroxylation sites is 2. The zero-order chi connectivity index (χ0) is 18.1. The van der Waals surface area contributed by atoms with Gasteiger partial charge in [0.25, 0.3) is 0 Å². The molecule has 0 unspecified atom stereocenters. The Hall–Kier alpha value is -2.61. The van der Waals surface area contributed by atoms with Crippen LogP contribution in [0.4, 0.5) is 19.0 Å². The number of hydrogen-bond donors (Lipinski definition) is 2. The Kier molecular flexibility index (Phi) is 4.38. The number of aromatic nitrogens is 2.